The summed E-state index contributed by atoms with van der Waals surface area (Å²) in [6, 6.07) is 0. The van der Waals surface area contributed by atoms with Gasteiger partial charge in [-0.15, -0.1) is 0 Å². The van der Waals surface area contributed by atoms with E-state index in [2.05, 4.69) is 22.7 Å². The van der Waals surface area contributed by atoms with E-state index in [0.29, 0.717) is 0 Å². The van der Waals surface area contributed by atoms with Crippen LogP contribution in [0.3, 0.4) is 0 Å². The van der Waals surface area contributed by atoms with Crippen molar-refractivity contribution < 1.29 is 9.53 Å². The van der Waals surface area contributed by atoms with Crippen molar-refractivity contribution in [3.05, 3.63) is 0 Å². The quantitative estimate of drug-likeness (QED) is 0.344. The molecule has 0 spiro atoms. The molecular formula is C11H19N3O2S. The Morgan fingerprint density at radius 2 is 2.35 bits per heavy atom. The minimum atomic E-state index is -0.329. The van der Waals surface area contributed by atoms with Crippen molar-refractivity contribution in [3.63, 3.8) is 0 Å². The number of thiocarbonyl (C=S) groups is 1. The lowest BCUT2D eigenvalue weighted by Gasteiger charge is -2.14. The van der Waals surface area contributed by atoms with E-state index < -0.39 is 0 Å². The molecule has 96 valence electrons. The fourth-order valence-electron chi connectivity index (χ4n) is 1.88. The smallest absolute Gasteiger partial charge is 0.309 e. The van der Waals surface area contributed by atoms with Crippen molar-refractivity contribution in [2.24, 2.45) is 16.8 Å². The Morgan fingerprint density at radius 3 is 2.82 bits per heavy atom. The van der Waals surface area contributed by atoms with Gasteiger partial charge in [0.1, 0.15) is 5.60 Å². The zero-order valence-corrected chi connectivity index (χ0v) is 11.3. The molecule has 0 aromatic heterocycles. The van der Waals surface area contributed by atoms with Crippen molar-refractivity contribution >= 4 is 29.0 Å². The fraction of sp³-hybridized carbons (Fsp3) is 0.727. The van der Waals surface area contributed by atoms with Crippen LogP contribution < -0.4 is 11.2 Å². The standard InChI is InChI=1S/C11H19N3O2S/c1-7(13-14-10(12)17)4-5-8-6-11(2,3)16-9(8)15/h8H,4-6H2,1-3H3,(H3,12,14,17)/b13-7+/t8-/m0/s1. The molecule has 0 aromatic carbocycles. The molecule has 3 N–H and O–H groups in total. The van der Waals surface area contributed by atoms with E-state index in [0.717, 1.165) is 25.0 Å². The van der Waals surface area contributed by atoms with Gasteiger partial charge < -0.3 is 10.5 Å². The second kappa shape index (κ2) is 5.44. The molecular weight excluding hydrogens is 238 g/mol. The third kappa shape index (κ3) is 4.68. The third-order valence-electron chi connectivity index (χ3n) is 2.66. The molecule has 0 saturated carbocycles. The number of carbonyl (C=O) groups excluding carboxylic acids is 1. The molecule has 5 nitrogen and oxygen atoms in total. The lowest BCUT2D eigenvalue weighted by molar-refractivity contribution is -0.148. The van der Waals surface area contributed by atoms with Crippen molar-refractivity contribution in [1.29, 1.82) is 0 Å². The van der Waals surface area contributed by atoms with E-state index in [1.165, 1.54) is 0 Å². The highest BCUT2D eigenvalue weighted by atomic mass is 32.1. The first-order valence-corrected chi connectivity index (χ1v) is 6.02. The number of nitrogens with one attached hydrogen (secondary N) is 1. The summed E-state index contributed by atoms with van der Waals surface area (Å²) in [7, 11) is 0. The molecule has 0 aromatic rings. The minimum Gasteiger partial charge on any atom is -0.459 e. The van der Waals surface area contributed by atoms with Crippen LogP contribution in [0.2, 0.25) is 0 Å². The maximum absolute atomic E-state index is 11.6. The molecule has 1 atom stereocenters. The highest BCUT2D eigenvalue weighted by Gasteiger charge is 2.39. The summed E-state index contributed by atoms with van der Waals surface area (Å²) in [5.41, 5.74) is 8.33. The third-order valence-corrected chi connectivity index (χ3v) is 2.75. The summed E-state index contributed by atoms with van der Waals surface area (Å²) in [6.07, 6.45) is 2.24. The Balaban J connectivity index is 2.39. The summed E-state index contributed by atoms with van der Waals surface area (Å²) in [4.78, 5) is 11.6. The van der Waals surface area contributed by atoms with Crippen LogP contribution in [-0.4, -0.2) is 22.4 Å². The summed E-state index contributed by atoms with van der Waals surface area (Å²) in [5.74, 6) is -0.134. The second-order valence-corrected chi connectivity index (χ2v) is 5.38. The van der Waals surface area contributed by atoms with Crippen molar-refractivity contribution in [2.75, 3.05) is 0 Å². The molecule has 1 rings (SSSR count). The SMILES string of the molecule is C/C(CC[C@H]1CC(C)(C)OC1=O)=N\NC(N)=S. The average molecular weight is 257 g/mol. The molecule has 0 radical (unpaired) electrons. The van der Waals surface area contributed by atoms with Crippen LogP contribution in [0.5, 0.6) is 0 Å². The Bertz CT molecular complexity index is 353. The highest BCUT2D eigenvalue weighted by Crippen LogP contribution is 2.32. The first-order chi connectivity index (χ1) is 7.80. The molecule has 0 unspecified atom stereocenters. The number of cyclic esters (lactones) is 1. The molecule has 1 saturated heterocycles. The Hall–Kier alpha value is -1.17. The number of esters is 1. The molecule has 6 heteroatoms. The fourth-order valence-corrected chi connectivity index (χ4v) is 1.93. The van der Waals surface area contributed by atoms with Crippen LogP contribution in [0, 0.1) is 5.92 Å². The van der Waals surface area contributed by atoms with Gasteiger partial charge in [0, 0.05) is 5.71 Å². The monoisotopic (exact) mass is 257 g/mol. The maximum atomic E-state index is 11.6. The van der Waals surface area contributed by atoms with E-state index in [4.69, 9.17) is 10.5 Å². The lowest BCUT2D eigenvalue weighted by Crippen LogP contribution is -2.25. The molecule has 0 amide bonds. The summed E-state index contributed by atoms with van der Waals surface area (Å²) in [5, 5.41) is 4.14. The zero-order valence-electron chi connectivity index (χ0n) is 10.4. The number of nitrogens with zero attached hydrogens (tertiary/aromatic N) is 1. The van der Waals surface area contributed by atoms with Crippen LogP contribution in [0.1, 0.15) is 40.0 Å². The summed E-state index contributed by atoms with van der Waals surface area (Å²) in [6.45, 7) is 5.73. The summed E-state index contributed by atoms with van der Waals surface area (Å²) < 4.78 is 5.26. The first kappa shape index (κ1) is 13.9. The molecule has 1 aliphatic heterocycles. The number of hydrogen-bond acceptors (Lipinski definition) is 4. The second-order valence-electron chi connectivity index (χ2n) is 4.94. The number of hydrazone groups is 1. The maximum Gasteiger partial charge on any atom is 0.309 e. The van der Waals surface area contributed by atoms with Crippen LogP contribution in [0.15, 0.2) is 5.10 Å². The van der Waals surface area contributed by atoms with E-state index in [-0.39, 0.29) is 22.6 Å². The Kier molecular flexibility index (Phi) is 4.45. The topological polar surface area (TPSA) is 76.7 Å². The molecule has 1 heterocycles. The van der Waals surface area contributed by atoms with E-state index >= 15 is 0 Å². The van der Waals surface area contributed by atoms with E-state index in [1.807, 2.05) is 20.8 Å². The largest absolute Gasteiger partial charge is 0.459 e. The number of ether oxygens (including phenoxy) is 1. The van der Waals surface area contributed by atoms with Gasteiger partial charge in [0.25, 0.3) is 0 Å². The van der Waals surface area contributed by atoms with Gasteiger partial charge in [0.15, 0.2) is 5.11 Å². The number of nitrogens with two attached hydrogens (primary N) is 1. The van der Waals surface area contributed by atoms with Gasteiger partial charge in [-0.1, -0.05) is 0 Å². The predicted octanol–water partition coefficient (Wildman–Crippen LogP) is 1.32. The van der Waals surface area contributed by atoms with Crippen molar-refractivity contribution in [2.45, 2.75) is 45.6 Å². The predicted molar refractivity (Wildman–Crippen MR) is 70.5 cm³/mol. The lowest BCUT2D eigenvalue weighted by atomic mass is 9.93. The van der Waals surface area contributed by atoms with E-state index in [9.17, 15) is 4.79 Å². The van der Waals surface area contributed by atoms with Gasteiger partial charge >= 0.3 is 5.97 Å². The van der Waals surface area contributed by atoms with Gasteiger partial charge in [-0.05, 0) is 52.3 Å². The van der Waals surface area contributed by atoms with Gasteiger partial charge in [-0.2, -0.15) is 5.10 Å². The molecule has 1 aliphatic rings. The molecule has 0 bridgehead atoms. The van der Waals surface area contributed by atoms with Crippen LogP contribution in [0.25, 0.3) is 0 Å². The van der Waals surface area contributed by atoms with Crippen molar-refractivity contribution in [3.8, 4) is 0 Å². The zero-order chi connectivity index (χ0) is 13.1. The van der Waals surface area contributed by atoms with E-state index in [1.54, 1.807) is 0 Å². The van der Waals surface area contributed by atoms with Gasteiger partial charge in [0.2, 0.25) is 0 Å². The summed E-state index contributed by atoms with van der Waals surface area (Å²) >= 11 is 4.64. The normalized spacial score (nSPS) is 23.4. The number of carbonyl (C=O) groups is 1. The number of rotatable bonds is 4. The average Bonchev–Trinajstić information content (AvgIpc) is 2.45. The van der Waals surface area contributed by atoms with Gasteiger partial charge in [-0.3, -0.25) is 10.2 Å². The van der Waals surface area contributed by atoms with Crippen LogP contribution in [-0.2, 0) is 9.53 Å². The van der Waals surface area contributed by atoms with Crippen LogP contribution in [0.4, 0.5) is 0 Å². The first-order valence-electron chi connectivity index (χ1n) is 5.61. The minimum absolute atomic E-state index is 0.0278. The van der Waals surface area contributed by atoms with Crippen molar-refractivity contribution in [1.82, 2.24) is 5.43 Å². The van der Waals surface area contributed by atoms with Crippen LogP contribution >= 0.6 is 12.2 Å². The number of hydrogen-bond donors (Lipinski definition) is 2. The highest BCUT2D eigenvalue weighted by molar-refractivity contribution is 7.80. The van der Waals surface area contributed by atoms with Gasteiger partial charge in [0.05, 0.1) is 5.92 Å². The molecule has 17 heavy (non-hydrogen) atoms. The molecule has 1 fully saturated rings. The Morgan fingerprint density at radius 1 is 1.71 bits per heavy atom. The molecule has 0 aliphatic carbocycles. The Labute approximate surface area is 107 Å². The van der Waals surface area contributed by atoms with Gasteiger partial charge in [-0.25, -0.2) is 0 Å².